The van der Waals surface area contributed by atoms with Crippen LogP contribution in [0.5, 0.6) is 5.75 Å². The first-order valence-corrected chi connectivity index (χ1v) is 12.2. The van der Waals surface area contributed by atoms with E-state index in [1.165, 1.54) is 12.1 Å². The maximum Gasteiger partial charge on any atom is 0.410 e. The van der Waals surface area contributed by atoms with Crippen molar-refractivity contribution in [3.63, 3.8) is 0 Å². The Morgan fingerprint density at radius 3 is 2.51 bits per heavy atom. The normalized spacial score (nSPS) is 21.6. The van der Waals surface area contributed by atoms with E-state index in [0.29, 0.717) is 31.9 Å². The molecule has 1 N–H and O–H groups in total. The number of benzene rings is 1. The van der Waals surface area contributed by atoms with Crippen molar-refractivity contribution in [3.8, 4) is 5.75 Å². The largest absolute Gasteiger partial charge is 0.610 e. The number of piperidine rings is 1. The molecule has 10 heteroatoms. The lowest BCUT2D eigenvalue weighted by atomic mass is 9.76. The number of ether oxygens (including phenoxy) is 2. The number of hydrogen-bond acceptors (Lipinski definition) is 6. The minimum atomic E-state index is -0.928. The summed E-state index contributed by atoms with van der Waals surface area (Å²) in [5.41, 5.74) is 0.404. The molecule has 1 aromatic rings. The molecule has 1 saturated carbocycles. The maximum absolute atomic E-state index is 13.4. The van der Waals surface area contributed by atoms with E-state index in [0.717, 1.165) is 37.7 Å². The molecular weight excluding hydrogens is 454 g/mol. The minimum Gasteiger partial charge on any atom is -0.610 e. The van der Waals surface area contributed by atoms with E-state index in [1.807, 2.05) is 25.7 Å². The summed E-state index contributed by atoms with van der Waals surface area (Å²) in [4.78, 5) is 28.6. The van der Waals surface area contributed by atoms with Crippen molar-refractivity contribution in [2.75, 3.05) is 26.2 Å². The Hall–Kier alpha value is -3.17. The van der Waals surface area contributed by atoms with E-state index in [9.17, 15) is 25.1 Å². The highest BCUT2D eigenvalue weighted by atomic mass is 16.8. The van der Waals surface area contributed by atoms with Gasteiger partial charge in [-0.2, -0.15) is 0 Å². The summed E-state index contributed by atoms with van der Waals surface area (Å²) in [5.74, 6) is -0.432. The summed E-state index contributed by atoms with van der Waals surface area (Å²) in [5, 5.41) is 31.4. The molecule has 3 aliphatic rings. The molecule has 10 nitrogen and oxygen atoms in total. The maximum atomic E-state index is 13.4. The molecule has 1 atom stereocenters. The lowest BCUT2D eigenvalue weighted by Gasteiger charge is -2.40. The van der Waals surface area contributed by atoms with E-state index < -0.39 is 16.4 Å². The van der Waals surface area contributed by atoms with Gasteiger partial charge in [-0.3, -0.25) is 4.79 Å². The average Bonchev–Trinajstić information content (AvgIpc) is 3.07. The Morgan fingerprint density at radius 1 is 1.14 bits per heavy atom. The summed E-state index contributed by atoms with van der Waals surface area (Å²) in [6.07, 6.45) is 4.12. The molecule has 2 amide bonds. The third-order valence-electron chi connectivity index (χ3n) is 7.32. The molecule has 35 heavy (non-hydrogen) atoms. The molecule has 2 aliphatic heterocycles. The van der Waals surface area contributed by atoms with Gasteiger partial charge in [0.15, 0.2) is 0 Å². The molecule has 2 heterocycles. The van der Waals surface area contributed by atoms with E-state index >= 15 is 0 Å². The Balaban J connectivity index is 1.36. The first kappa shape index (κ1) is 24.9. The molecule has 1 aliphatic carbocycles. The van der Waals surface area contributed by atoms with Crippen LogP contribution < -0.4 is 4.74 Å². The second kappa shape index (κ2) is 9.47. The topological polar surface area (TPSA) is 128 Å². The zero-order chi connectivity index (χ0) is 25.4. The van der Waals surface area contributed by atoms with Gasteiger partial charge in [0.25, 0.3) is 0 Å². The summed E-state index contributed by atoms with van der Waals surface area (Å²) < 4.78 is 11.3. The fourth-order valence-electron chi connectivity index (χ4n) is 5.42. The van der Waals surface area contributed by atoms with Gasteiger partial charge in [-0.1, -0.05) is 6.07 Å². The van der Waals surface area contributed by atoms with Crippen LogP contribution in [-0.2, 0) is 16.1 Å². The van der Waals surface area contributed by atoms with Crippen molar-refractivity contribution in [2.24, 2.45) is 11.3 Å². The zero-order valence-corrected chi connectivity index (χ0v) is 20.6. The van der Waals surface area contributed by atoms with E-state index in [1.54, 1.807) is 11.0 Å². The predicted molar refractivity (Wildman–Crippen MR) is 128 cm³/mol. The zero-order valence-electron chi connectivity index (χ0n) is 20.6. The summed E-state index contributed by atoms with van der Waals surface area (Å²) >= 11 is 0. The number of rotatable bonds is 2. The van der Waals surface area contributed by atoms with Gasteiger partial charge >= 0.3 is 12.0 Å². The lowest BCUT2D eigenvalue weighted by Crippen LogP contribution is -2.45. The summed E-state index contributed by atoms with van der Waals surface area (Å²) in [6, 6.07) is 4.58. The number of aliphatic hydroxyl groups excluding tert-OH is 1. The number of likely N-dealkylation sites (tertiary alicyclic amines) is 1. The number of amides is 2. The summed E-state index contributed by atoms with van der Waals surface area (Å²) in [6.45, 7) is 7.97. The molecule has 2 fully saturated rings. The number of nitrogens with zero attached hydrogens (tertiary/aromatic N) is 3. The number of carbonyl (C=O) groups is 2. The van der Waals surface area contributed by atoms with Gasteiger partial charge < -0.3 is 34.8 Å². The summed E-state index contributed by atoms with van der Waals surface area (Å²) in [7, 11) is 0. The second-order valence-electron chi connectivity index (χ2n) is 10.9. The van der Waals surface area contributed by atoms with Crippen LogP contribution in [0.3, 0.4) is 0 Å². The van der Waals surface area contributed by atoms with Crippen molar-refractivity contribution in [1.29, 1.82) is 0 Å². The van der Waals surface area contributed by atoms with Crippen LogP contribution in [0.1, 0.15) is 64.0 Å². The first-order chi connectivity index (χ1) is 16.5. The minimum absolute atomic E-state index is 0.0595. The molecular formula is C25H34N3O7-. The number of fused-ring (bicyclic) bond motifs is 1. The standard InChI is InChI=1S/C25H34N3O7/c1-24(2,3)35-23(31)26-10-8-25(9-11-26)7-6-18(15-25)21(29)27-12-13-34-20-14-17(22(30)28(32)33)4-5-19(20)16-27/h4-5,14,18H,6-13,15-16H2,1-3H3,(H-,30,32,33)/q-1. The van der Waals surface area contributed by atoms with Crippen molar-refractivity contribution < 1.29 is 29.1 Å². The monoisotopic (exact) mass is 488 g/mol. The molecule has 1 spiro atoms. The highest BCUT2D eigenvalue weighted by molar-refractivity contribution is 5.89. The Morgan fingerprint density at radius 2 is 1.86 bits per heavy atom. The fraction of sp³-hybridized carbons (Fsp3) is 0.640. The van der Waals surface area contributed by atoms with Crippen LogP contribution in [0.4, 0.5) is 4.79 Å². The van der Waals surface area contributed by atoms with E-state index in [2.05, 4.69) is 0 Å². The van der Waals surface area contributed by atoms with Gasteiger partial charge in [-0.05, 0) is 70.4 Å². The predicted octanol–water partition coefficient (Wildman–Crippen LogP) is 3.54. The van der Waals surface area contributed by atoms with Crippen LogP contribution in [-0.4, -0.2) is 69.5 Å². The van der Waals surface area contributed by atoms with Crippen LogP contribution >= 0.6 is 0 Å². The Bertz CT molecular complexity index is 1000. The average molecular weight is 489 g/mol. The van der Waals surface area contributed by atoms with Gasteiger partial charge in [-0.25, -0.2) is 4.79 Å². The second-order valence-corrected chi connectivity index (χ2v) is 10.9. The third kappa shape index (κ3) is 5.57. The molecule has 0 bridgehead atoms. The van der Waals surface area contributed by atoms with Gasteiger partial charge in [0.1, 0.15) is 18.0 Å². The van der Waals surface area contributed by atoms with Crippen LogP contribution in [0.2, 0.25) is 0 Å². The van der Waals surface area contributed by atoms with Gasteiger partial charge in [0, 0.05) is 31.1 Å². The van der Waals surface area contributed by atoms with Crippen molar-refractivity contribution in [2.45, 2.75) is 65.0 Å². The van der Waals surface area contributed by atoms with Gasteiger partial charge in [0.05, 0.1) is 12.1 Å². The molecule has 1 saturated heterocycles. The lowest BCUT2D eigenvalue weighted by molar-refractivity contribution is -0.388. The van der Waals surface area contributed by atoms with Gasteiger partial charge in [0.2, 0.25) is 5.91 Å². The fourth-order valence-corrected chi connectivity index (χ4v) is 5.42. The van der Waals surface area contributed by atoms with Crippen LogP contribution in [0, 0.1) is 21.7 Å². The Kier molecular flexibility index (Phi) is 6.75. The van der Waals surface area contributed by atoms with Crippen LogP contribution in [0.25, 0.3) is 0 Å². The Labute approximate surface area is 205 Å². The van der Waals surface area contributed by atoms with Crippen molar-refractivity contribution in [1.82, 2.24) is 9.80 Å². The molecule has 192 valence electrons. The third-order valence-corrected chi connectivity index (χ3v) is 7.32. The van der Waals surface area contributed by atoms with Crippen molar-refractivity contribution >= 4 is 17.9 Å². The van der Waals surface area contributed by atoms with Gasteiger partial charge in [-0.15, -0.1) is 4.90 Å². The molecule has 1 aromatic carbocycles. The molecule has 1 unspecified atom stereocenters. The smallest absolute Gasteiger partial charge is 0.410 e. The first-order valence-electron chi connectivity index (χ1n) is 12.2. The molecule has 4 rings (SSSR count). The van der Waals surface area contributed by atoms with E-state index in [-0.39, 0.29) is 35.5 Å². The van der Waals surface area contributed by atoms with Crippen molar-refractivity contribution in [3.05, 3.63) is 39.7 Å². The van der Waals surface area contributed by atoms with E-state index in [4.69, 9.17) is 9.47 Å². The molecule has 0 aromatic heterocycles. The SMILES string of the molecule is CC(C)(C)OC(=O)N1CCC2(CCC(C(=O)N3CCOc4cc(C(O)=[N+]([O-])[O-])ccc4C3)C2)CC1. The number of hydrogen-bond donors (Lipinski definition) is 1. The number of carbonyl (C=O) groups excluding carboxylic acids is 2. The number of aliphatic hydroxyl groups is 1. The highest BCUT2D eigenvalue weighted by Crippen LogP contribution is 2.49. The van der Waals surface area contributed by atoms with Crippen LogP contribution in [0.15, 0.2) is 18.2 Å². The molecule has 0 radical (unpaired) electrons. The highest BCUT2D eigenvalue weighted by Gasteiger charge is 2.45. The quantitative estimate of drug-likeness (QED) is 0.292.